The summed E-state index contributed by atoms with van der Waals surface area (Å²) < 4.78 is 11.9. The van der Waals surface area contributed by atoms with Crippen molar-refractivity contribution < 1.29 is 19.1 Å². The van der Waals surface area contributed by atoms with Gasteiger partial charge in [0.15, 0.2) is 0 Å². The summed E-state index contributed by atoms with van der Waals surface area (Å²) in [5, 5.41) is 0. The lowest BCUT2D eigenvalue weighted by Crippen LogP contribution is -2.09. The number of rotatable bonds is 12. The lowest BCUT2D eigenvalue weighted by atomic mass is 10.0. The number of hydrogen-bond donors (Lipinski definition) is 0. The first kappa shape index (κ1) is 23.7. The summed E-state index contributed by atoms with van der Waals surface area (Å²) in [6, 6.07) is 23.5. The van der Waals surface area contributed by atoms with Crippen LogP contribution in [-0.4, -0.2) is 18.7 Å². The van der Waals surface area contributed by atoms with E-state index in [9.17, 15) is 9.59 Å². The summed E-state index contributed by atoms with van der Waals surface area (Å²) in [5.41, 5.74) is 3.21. The number of aryl methyl sites for hydroxylation is 2. The van der Waals surface area contributed by atoms with Gasteiger partial charge in [0.1, 0.15) is 29.7 Å². The normalized spacial score (nSPS) is 10.6. The highest BCUT2D eigenvalue weighted by molar-refractivity contribution is 9.10. The Balaban J connectivity index is 1.37. The van der Waals surface area contributed by atoms with Crippen LogP contribution in [0.15, 0.2) is 77.3 Å². The van der Waals surface area contributed by atoms with Crippen LogP contribution in [-0.2, 0) is 29.0 Å². The number of ether oxygens (including phenoxy) is 2. The van der Waals surface area contributed by atoms with Crippen molar-refractivity contribution in [3.8, 4) is 11.5 Å². The molecule has 0 aliphatic carbocycles. The molecule has 0 aliphatic heterocycles. The molecule has 0 heterocycles. The van der Waals surface area contributed by atoms with Gasteiger partial charge in [-0.1, -0.05) is 48.5 Å². The zero-order chi connectivity index (χ0) is 22.8. The number of ketones is 2. The maximum absolute atomic E-state index is 12.2. The quantitative estimate of drug-likeness (QED) is 0.284. The van der Waals surface area contributed by atoms with Crippen LogP contribution in [0.25, 0.3) is 0 Å². The molecule has 5 heteroatoms. The Bertz CT molecular complexity index is 1030. The molecule has 0 aliphatic rings. The molecule has 0 aromatic heterocycles. The van der Waals surface area contributed by atoms with Crippen molar-refractivity contribution in [3.63, 3.8) is 0 Å². The van der Waals surface area contributed by atoms with Crippen LogP contribution in [0.4, 0.5) is 0 Å². The number of halogens is 1. The smallest absolute Gasteiger partial charge is 0.140 e. The highest BCUT2D eigenvalue weighted by Gasteiger charge is 2.11. The highest BCUT2D eigenvalue weighted by atomic mass is 79.9. The number of carbonyl (C=O) groups is 2. The number of hydrogen-bond acceptors (Lipinski definition) is 4. The molecular weight excluding hydrogens is 468 g/mol. The van der Waals surface area contributed by atoms with Gasteiger partial charge in [-0.2, -0.15) is 0 Å². The second-order valence-corrected chi connectivity index (χ2v) is 8.50. The van der Waals surface area contributed by atoms with E-state index in [1.807, 2.05) is 72.8 Å². The fraction of sp³-hybridized carbons (Fsp3) is 0.259. The number of benzene rings is 3. The predicted octanol–water partition coefficient (Wildman–Crippen LogP) is 6.13. The molecule has 32 heavy (non-hydrogen) atoms. The molecule has 3 rings (SSSR count). The molecule has 3 aromatic rings. The zero-order valence-electron chi connectivity index (χ0n) is 18.2. The van der Waals surface area contributed by atoms with Gasteiger partial charge in [0.05, 0.1) is 18.0 Å². The van der Waals surface area contributed by atoms with E-state index < -0.39 is 0 Å². The average Bonchev–Trinajstić information content (AvgIpc) is 2.81. The molecule has 0 radical (unpaired) electrons. The third-order valence-corrected chi connectivity index (χ3v) is 5.79. The number of methoxy groups -OCH3 is 1. The second-order valence-electron chi connectivity index (χ2n) is 7.64. The molecular formula is C27H27BrO4. The lowest BCUT2D eigenvalue weighted by molar-refractivity contribution is -0.126. The van der Waals surface area contributed by atoms with Crippen molar-refractivity contribution in [3.05, 3.63) is 94.0 Å². The largest absolute Gasteiger partial charge is 0.496 e. The topological polar surface area (TPSA) is 52.6 Å². The summed E-state index contributed by atoms with van der Waals surface area (Å²) in [7, 11) is 1.61. The van der Waals surface area contributed by atoms with Gasteiger partial charge in [-0.25, -0.2) is 0 Å². The van der Waals surface area contributed by atoms with Crippen molar-refractivity contribution in [2.45, 2.75) is 38.7 Å². The first-order chi connectivity index (χ1) is 15.5. The van der Waals surface area contributed by atoms with Crippen LogP contribution < -0.4 is 9.47 Å². The number of carbonyl (C=O) groups excluding carboxylic acids is 2. The fourth-order valence-corrected chi connectivity index (χ4v) is 3.91. The minimum atomic E-state index is -0.0217. The van der Waals surface area contributed by atoms with Crippen LogP contribution in [0.2, 0.25) is 0 Å². The van der Waals surface area contributed by atoms with E-state index >= 15 is 0 Å². The Kier molecular flexibility index (Phi) is 9.05. The fourth-order valence-electron chi connectivity index (χ4n) is 3.32. The van der Waals surface area contributed by atoms with E-state index in [0.717, 1.165) is 32.7 Å². The zero-order valence-corrected chi connectivity index (χ0v) is 19.8. The van der Waals surface area contributed by atoms with Crippen molar-refractivity contribution in [2.75, 3.05) is 7.11 Å². The summed E-state index contributed by atoms with van der Waals surface area (Å²) in [5.74, 6) is 1.51. The van der Waals surface area contributed by atoms with E-state index in [1.165, 1.54) is 0 Å². The molecule has 0 N–H and O–H groups in total. The van der Waals surface area contributed by atoms with E-state index in [4.69, 9.17) is 9.47 Å². The van der Waals surface area contributed by atoms with Crippen molar-refractivity contribution in [2.24, 2.45) is 0 Å². The Morgan fingerprint density at radius 2 is 1.41 bits per heavy atom. The average molecular weight is 495 g/mol. The first-order valence-electron chi connectivity index (χ1n) is 10.6. The molecule has 0 saturated carbocycles. The summed E-state index contributed by atoms with van der Waals surface area (Å²) in [6.07, 6.45) is 1.95. The van der Waals surface area contributed by atoms with Crippen LogP contribution in [0.5, 0.6) is 11.5 Å². The Hall–Kier alpha value is -2.92. The maximum atomic E-state index is 12.2. The van der Waals surface area contributed by atoms with Gasteiger partial charge < -0.3 is 9.47 Å². The second kappa shape index (κ2) is 12.2. The van der Waals surface area contributed by atoms with E-state index in [2.05, 4.69) is 15.9 Å². The molecule has 166 valence electrons. The molecule has 0 saturated heterocycles. The minimum absolute atomic E-state index is 0.00437. The Labute approximate surface area is 197 Å². The van der Waals surface area contributed by atoms with E-state index in [1.54, 1.807) is 7.11 Å². The summed E-state index contributed by atoms with van der Waals surface area (Å²) in [6.45, 7) is 0.522. The summed E-state index contributed by atoms with van der Waals surface area (Å²) in [4.78, 5) is 24.4. The van der Waals surface area contributed by atoms with E-state index in [0.29, 0.717) is 32.3 Å². The van der Waals surface area contributed by atoms with Crippen molar-refractivity contribution >= 4 is 27.5 Å². The van der Waals surface area contributed by atoms with Gasteiger partial charge in [-0.05, 0) is 69.7 Å². The molecule has 0 bridgehead atoms. The molecule has 0 spiro atoms. The van der Waals surface area contributed by atoms with Gasteiger partial charge in [-0.3, -0.25) is 9.59 Å². The first-order valence-corrected chi connectivity index (χ1v) is 11.4. The SMILES string of the molecule is COc1ccc(CCC(=O)CC(=O)CCc2ccc(OCc3ccccc3)cc2)cc1Br. The van der Waals surface area contributed by atoms with E-state index in [-0.39, 0.29) is 18.0 Å². The van der Waals surface area contributed by atoms with Crippen LogP contribution in [0, 0.1) is 0 Å². The molecule has 4 nitrogen and oxygen atoms in total. The predicted molar refractivity (Wildman–Crippen MR) is 129 cm³/mol. The molecule has 3 aromatic carbocycles. The number of Topliss-reactive ketones (excluding diaryl/α,β-unsaturated/α-hetero) is 2. The third-order valence-electron chi connectivity index (χ3n) is 5.17. The van der Waals surface area contributed by atoms with Crippen LogP contribution in [0.1, 0.15) is 36.0 Å². The minimum Gasteiger partial charge on any atom is -0.496 e. The standard InChI is InChI=1S/C27H27BrO4/c1-31-27-16-11-21(17-26(27)28)8-13-24(30)18-23(29)12-7-20-9-14-25(15-10-20)32-19-22-5-3-2-4-6-22/h2-6,9-11,14-17H,7-8,12-13,18-19H2,1H3. The lowest BCUT2D eigenvalue weighted by Gasteiger charge is -2.08. The third kappa shape index (κ3) is 7.65. The van der Waals surface area contributed by atoms with Gasteiger partial charge >= 0.3 is 0 Å². The van der Waals surface area contributed by atoms with Crippen molar-refractivity contribution in [1.82, 2.24) is 0 Å². The van der Waals surface area contributed by atoms with Gasteiger partial charge in [0.25, 0.3) is 0 Å². The molecule has 0 atom stereocenters. The van der Waals surface area contributed by atoms with Gasteiger partial charge in [0.2, 0.25) is 0 Å². The van der Waals surface area contributed by atoms with Crippen LogP contribution >= 0.6 is 15.9 Å². The van der Waals surface area contributed by atoms with Gasteiger partial charge in [0, 0.05) is 12.8 Å². The van der Waals surface area contributed by atoms with Gasteiger partial charge in [-0.15, -0.1) is 0 Å². The van der Waals surface area contributed by atoms with Crippen molar-refractivity contribution in [1.29, 1.82) is 0 Å². The molecule has 0 fully saturated rings. The molecule has 0 unspecified atom stereocenters. The summed E-state index contributed by atoms with van der Waals surface area (Å²) >= 11 is 3.45. The Morgan fingerprint density at radius 1 is 0.781 bits per heavy atom. The Morgan fingerprint density at radius 3 is 2.03 bits per heavy atom. The molecule has 0 amide bonds. The highest BCUT2D eigenvalue weighted by Crippen LogP contribution is 2.26. The monoisotopic (exact) mass is 494 g/mol. The maximum Gasteiger partial charge on any atom is 0.140 e. The van der Waals surface area contributed by atoms with Crippen LogP contribution in [0.3, 0.4) is 0 Å².